The molecule has 0 unspecified atom stereocenters. The molecule has 1 saturated carbocycles. The molecule has 40 heavy (non-hydrogen) atoms. The van der Waals surface area contributed by atoms with Crippen molar-refractivity contribution in [2.45, 2.75) is 37.7 Å². The molecule has 6 rings (SSSR count). The number of amides is 1. The lowest BCUT2D eigenvalue weighted by atomic mass is 10.0. The number of pyridine rings is 3. The first kappa shape index (κ1) is 25.8. The van der Waals surface area contributed by atoms with Crippen LogP contribution < -0.4 is 9.47 Å². The zero-order valence-corrected chi connectivity index (χ0v) is 22.6. The van der Waals surface area contributed by atoms with Gasteiger partial charge in [0, 0.05) is 45.4 Å². The van der Waals surface area contributed by atoms with E-state index in [0.29, 0.717) is 64.4 Å². The maximum Gasteiger partial charge on any atom is 0.255 e. The molecule has 0 spiro atoms. The predicted molar refractivity (Wildman–Crippen MR) is 146 cm³/mol. The molecule has 0 bridgehead atoms. The number of methoxy groups -OCH3 is 1. The molecule has 1 saturated heterocycles. The first-order chi connectivity index (χ1) is 19.5. The molecule has 10 nitrogen and oxygen atoms in total. The Morgan fingerprint density at radius 2 is 1.88 bits per heavy atom. The lowest BCUT2D eigenvalue weighted by Crippen LogP contribution is -2.26. The minimum atomic E-state index is -0.177. The predicted octanol–water partition coefficient (Wildman–Crippen LogP) is 4.97. The second kappa shape index (κ2) is 10.6. The van der Waals surface area contributed by atoms with Crippen LogP contribution in [0.4, 0.5) is 0 Å². The molecule has 0 N–H and O–H groups in total. The highest BCUT2D eigenvalue weighted by Crippen LogP contribution is 2.47. The fraction of sp³-hybridized carbons (Fsp3) is 0.367. The summed E-state index contributed by atoms with van der Waals surface area (Å²) in [5.74, 6) is 1.52. The van der Waals surface area contributed by atoms with E-state index in [1.807, 2.05) is 24.4 Å². The molecule has 10 heteroatoms. The number of carbonyl (C=O) groups is 1. The van der Waals surface area contributed by atoms with Gasteiger partial charge in [0.15, 0.2) is 22.8 Å². The Bertz CT molecular complexity index is 1630. The minimum absolute atomic E-state index is 0.00215. The van der Waals surface area contributed by atoms with Gasteiger partial charge in [-0.15, -0.1) is 0 Å². The third kappa shape index (κ3) is 4.84. The molecule has 0 aromatic carbocycles. The van der Waals surface area contributed by atoms with E-state index in [-0.39, 0.29) is 17.7 Å². The van der Waals surface area contributed by atoms with Crippen LogP contribution in [0.3, 0.4) is 0 Å². The van der Waals surface area contributed by atoms with E-state index in [1.54, 1.807) is 20.2 Å². The van der Waals surface area contributed by atoms with E-state index < -0.39 is 0 Å². The summed E-state index contributed by atoms with van der Waals surface area (Å²) in [5, 5.41) is 9.93. The SMILES string of the molecule is COc1cc(C(=O)N(C)C)cnc1-c1cc2ncc(C3CC3)c(-c3ccc(OC4CCOCC4)c(C#N)n3)c2o1. The number of furan rings is 1. The van der Waals surface area contributed by atoms with Gasteiger partial charge in [-0.1, -0.05) is 0 Å². The van der Waals surface area contributed by atoms with Gasteiger partial charge < -0.3 is 23.5 Å². The molecular weight excluding hydrogens is 510 g/mol. The van der Waals surface area contributed by atoms with Crippen LogP contribution >= 0.6 is 0 Å². The quantitative estimate of drug-likeness (QED) is 0.320. The Morgan fingerprint density at radius 1 is 1.07 bits per heavy atom. The zero-order valence-electron chi connectivity index (χ0n) is 22.6. The number of nitrogens with zero attached hydrogens (tertiary/aromatic N) is 5. The number of aromatic nitrogens is 3. The highest BCUT2D eigenvalue weighted by atomic mass is 16.5. The number of ether oxygens (including phenoxy) is 3. The summed E-state index contributed by atoms with van der Waals surface area (Å²) < 4.78 is 23.5. The molecule has 204 valence electrons. The van der Waals surface area contributed by atoms with Gasteiger partial charge in [-0.2, -0.15) is 5.26 Å². The Balaban J connectivity index is 1.43. The molecule has 2 fully saturated rings. The van der Waals surface area contributed by atoms with Crippen molar-refractivity contribution in [2.24, 2.45) is 0 Å². The Morgan fingerprint density at radius 3 is 2.58 bits per heavy atom. The Hall–Kier alpha value is -4.49. The zero-order chi connectivity index (χ0) is 27.8. The van der Waals surface area contributed by atoms with Crippen LogP contribution in [0.15, 0.2) is 41.1 Å². The first-order valence-corrected chi connectivity index (χ1v) is 13.3. The van der Waals surface area contributed by atoms with E-state index in [1.165, 1.54) is 18.2 Å². The average molecular weight is 540 g/mol. The van der Waals surface area contributed by atoms with Gasteiger partial charge in [0.25, 0.3) is 5.91 Å². The van der Waals surface area contributed by atoms with Crippen molar-refractivity contribution >= 4 is 17.0 Å². The topological polar surface area (TPSA) is 124 Å². The number of fused-ring (bicyclic) bond motifs is 1. The highest BCUT2D eigenvalue weighted by Gasteiger charge is 2.31. The fourth-order valence-corrected chi connectivity index (χ4v) is 4.97. The monoisotopic (exact) mass is 539 g/mol. The van der Waals surface area contributed by atoms with Gasteiger partial charge in [-0.25, -0.2) is 9.97 Å². The van der Waals surface area contributed by atoms with E-state index in [4.69, 9.17) is 23.6 Å². The number of hydrogen-bond donors (Lipinski definition) is 0. The smallest absolute Gasteiger partial charge is 0.255 e. The van der Waals surface area contributed by atoms with E-state index in [9.17, 15) is 10.1 Å². The third-order valence-electron chi connectivity index (χ3n) is 7.23. The second-order valence-corrected chi connectivity index (χ2v) is 10.2. The molecule has 1 aliphatic heterocycles. The number of nitriles is 1. The van der Waals surface area contributed by atoms with E-state index in [0.717, 1.165) is 36.8 Å². The van der Waals surface area contributed by atoms with Crippen LogP contribution in [-0.4, -0.2) is 66.3 Å². The van der Waals surface area contributed by atoms with E-state index in [2.05, 4.69) is 16.0 Å². The van der Waals surface area contributed by atoms with Crippen molar-refractivity contribution in [3.8, 4) is 40.3 Å². The molecule has 0 atom stereocenters. The number of rotatable bonds is 7. The van der Waals surface area contributed by atoms with Crippen molar-refractivity contribution in [1.29, 1.82) is 5.26 Å². The van der Waals surface area contributed by atoms with Crippen molar-refractivity contribution in [1.82, 2.24) is 19.9 Å². The summed E-state index contributed by atoms with van der Waals surface area (Å²) in [6, 6.07) is 9.35. The summed E-state index contributed by atoms with van der Waals surface area (Å²) in [4.78, 5) is 27.8. The van der Waals surface area contributed by atoms with Gasteiger partial charge >= 0.3 is 0 Å². The largest absolute Gasteiger partial charge is 0.494 e. The fourth-order valence-electron chi connectivity index (χ4n) is 4.97. The highest BCUT2D eigenvalue weighted by molar-refractivity contribution is 5.96. The minimum Gasteiger partial charge on any atom is -0.494 e. The Kier molecular flexibility index (Phi) is 6.82. The van der Waals surface area contributed by atoms with Gasteiger partial charge in [0.2, 0.25) is 0 Å². The van der Waals surface area contributed by atoms with Crippen LogP contribution in [0.1, 0.15) is 53.2 Å². The molecule has 2 aliphatic rings. The molecule has 5 heterocycles. The van der Waals surface area contributed by atoms with Crippen molar-refractivity contribution in [3.63, 3.8) is 0 Å². The van der Waals surface area contributed by atoms with Crippen LogP contribution in [0.5, 0.6) is 11.5 Å². The summed E-state index contributed by atoms with van der Waals surface area (Å²) >= 11 is 0. The van der Waals surface area contributed by atoms with Crippen molar-refractivity contribution in [3.05, 3.63) is 53.5 Å². The second-order valence-electron chi connectivity index (χ2n) is 10.2. The van der Waals surface area contributed by atoms with Crippen LogP contribution in [0, 0.1) is 11.3 Å². The standard InChI is InChI=1S/C30H29N5O5/c1-35(2)30(36)18-12-25(37-3)28(33-15-18)26-13-22-29(40-26)27(20(16-32-22)17-4-5-17)21-6-7-24(23(14-31)34-21)39-19-8-10-38-11-9-19/h6-7,12-13,15-17,19H,4-5,8-11H2,1-3H3. The van der Waals surface area contributed by atoms with Gasteiger partial charge in [-0.3, -0.25) is 9.78 Å². The molecule has 0 radical (unpaired) electrons. The summed E-state index contributed by atoms with van der Waals surface area (Å²) in [5.41, 5.74) is 4.76. The molecule has 1 aliphatic carbocycles. The van der Waals surface area contributed by atoms with Gasteiger partial charge in [-0.05, 0) is 42.5 Å². The lowest BCUT2D eigenvalue weighted by Gasteiger charge is -2.23. The maximum absolute atomic E-state index is 12.5. The third-order valence-corrected chi connectivity index (χ3v) is 7.23. The first-order valence-electron chi connectivity index (χ1n) is 13.3. The number of hydrogen-bond acceptors (Lipinski definition) is 9. The molecule has 4 aromatic heterocycles. The van der Waals surface area contributed by atoms with Crippen molar-refractivity contribution in [2.75, 3.05) is 34.4 Å². The lowest BCUT2D eigenvalue weighted by molar-refractivity contribution is 0.0253. The van der Waals surface area contributed by atoms with Crippen molar-refractivity contribution < 1.29 is 23.4 Å². The van der Waals surface area contributed by atoms with E-state index >= 15 is 0 Å². The summed E-state index contributed by atoms with van der Waals surface area (Å²) in [6.07, 6.45) is 7.05. The summed E-state index contributed by atoms with van der Waals surface area (Å²) in [6.45, 7) is 1.29. The van der Waals surface area contributed by atoms with Crippen LogP contribution in [-0.2, 0) is 4.74 Å². The Labute approximate surface area is 231 Å². The molecule has 4 aromatic rings. The maximum atomic E-state index is 12.5. The molecule has 1 amide bonds. The molecular formula is C30H29N5O5. The van der Waals surface area contributed by atoms with Crippen LogP contribution in [0.25, 0.3) is 33.8 Å². The number of carbonyl (C=O) groups excluding carboxylic acids is 1. The van der Waals surface area contributed by atoms with Gasteiger partial charge in [0.1, 0.15) is 29.1 Å². The van der Waals surface area contributed by atoms with Crippen LogP contribution in [0.2, 0.25) is 0 Å². The average Bonchev–Trinajstić information content (AvgIpc) is 3.74. The normalized spacial score (nSPS) is 15.6. The summed E-state index contributed by atoms with van der Waals surface area (Å²) in [7, 11) is 4.89. The van der Waals surface area contributed by atoms with Gasteiger partial charge in [0.05, 0.1) is 37.1 Å².